The summed E-state index contributed by atoms with van der Waals surface area (Å²) in [7, 11) is 1.62. The topological polar surface area (TPSA) is 112 Å². The van der Waals surface area contributed by atoms with Crippen molar-refractivity contribution < 1.29 is 29.3 Å². The van der Waals surface area contributed by atoms with Gasteiger partial charge in [0.2, 0.25) is 5.91 Å². The van der Waals surface area contributed by atoms with E-state index < -0.39 is 17.6 Å². The normalized spacial score (nSPS) is 23.0. The highest BCUT2D eigenvalue weighted by Gasteiger charge is 2.42. The molecule has 1 aromatic carbocycles. The van der Waals surface area contributed by atoms with Crippen molar-refractivity contribution in [2.24, 2.45) is 5.41 Å². The molecular formula is C31H43N3O6. The van der Waals surface area contributed by atoms with Gasteiger partial charge in [-0.2, -0.15) is 0 Å². The highest BCUT2D eigenvalue weighted by Crippen LogP contribution is 2.38. The zero-order valence-electron chi connectivity index (χ0n) is 23.5. The third-order valence-electron chi connectivity index (χ3n) is 8.37. The molecule has 0 radical (unpaired) electrons. The molecule has 2 aromatic rings. The first-order valence-electron chi connectivity index (χ1n) is 14.5. The van der Waals surface area contributed by atoms with Crippen molar-refractivity contribution in [2.45, 2.75) is 70.1 Å². The number of carbonyl (C=O) groups excluding carboxylic acids is 2. The second kappa shape index (κ2) is 14.6. The maximum atomic E-state index is 13.3. The van der Waals surface area contributed by atoms with Crippen LogP contribution in [0.5, 0.6) is 5.75 Å². The monoisotopic (exact) mass is 553 g/mol. The van der Waals surface area contributed by atoms with Crippen molar-refractivity contribution >= 4 is 11.9 Å². The summed E-state index contributed by atoms with van der Waals surface area (Å²) in [4.78, 5) is 35.1. The number of likely N-dealkylation sites (tertiary alicyclic amines) is 1. The van der Waals surface area contributed by atoms with E-state index in [4.69, 9.17) is 9.47 Å². The minimum Gasteiger partial charge on any atom is -0.496 e. The van der Waals surface area contributed by atoms with E-state index in [9.17, 15) is 19.8 Å². The Kier molecular flexibility index (Phi) is 10.9. The summed E-state index contributed by atoms with van der Waals surface area (Å²) in [5.41, 5.74) is 1.35. The number of piperidine rings is 1. The summed E-state index contributed by atoms with van der Waals surface area (Å²) < 4.78 is 11.0. The van der Waals surface area contributed by atoms with Gasteiger partial charge in [0.25, 0.3) is 0 Å². The van der Waals surface area contributed by atoms with Gasteiger partial charge in [-0.25, -0.2) is 0 Å². The lowest BCUT2D eigenvalue weighted by atomic mass is 9.74. The van der Waals surface area contributed by atoms with Gasteiger partial charge in [0, 0.05) is 32.3 Å². The zero-order chi connectivity index (χ0) is 28.4. The first-order valence-corrected chi connectivity index (χ1v) is 14.5. The first kappa shape index (κ1) is 30.0. The van der Waals surface area contributed by atoms with Crippen LogP contribution in [0.3, 0.4) is 0 Å². The summed E-state index contributed by atoms with van der Waals surface area (Å²) in [5, 5.41) is 21.1. The van der Waals surface area contributed by atoms with E-state index in [2.05, 4.69) is 9.88 Å². The number of cyclic esters (lactones) is 1. The molecule has 0 unspecified atom stereocenters. The van der Waals surface area contributed by atoms with Gasteiger partial charge in [-0.15, -0.1) is 0 Å². The summed E-state index contributed by atoms with van der Waals surface area (Å²) in [6.07, 6.45) is 4.16. The second-order valence-electron chi connectivity index (χ2n) is 11.0. The zero-order valence-corrected chi connectivity index (χ0v) is 23.5. The molecule has 1 aromatic heterocycles. The Morgan fingerprint density at radius 2 is 1.80 bits per heavy atom. The molecule has 2 saturated heterocycles. The second-order valence-corrected chi connectivity index (χ2v) is 11.0. The van der Waals surface area contributed by atoms with Gasteiger partial charge >= 0.3 is 5.97 Å². The Balaban J connectivity index is 1.38. The van der Waals surface area contributed by atoms with Crippen molar-refractivity contribution in [1.29, 1.82) is 0 Å². The van der Waals surface area contributed by atoms with Crippen LogP contribution in [0.1, 0.15) is 56.2 Å². The number of nitrogens with zero attached hydrogens (tertiary/aromatic N) is 3. The van der Waals surface area contributed by atoms with E-state index in [1.165, 1.54) is 0 Å². The SMILES string of the molecule is COc1ccccc1CCC(=O)N1CCCCC2(CCN(Cc3ccccn3)CC2)C(=O)OC[C@@H](O)[C@@H](O)CC1. The quantitative estimate of drug-likeness (QED) is 0.525. The number of hydrogen-bond acceptors (Lipinski definition) is 8. The number of carbonyl (C=O) groups is 2. The Labute approximate surface area is 237 Å². The van der Waals surface area contributed by atoms with Gasteiger partial charge in [0.1, 0.15) is 18.5 Å². The van der Waals surface area contributed by atoms with E-state index in [1.54, 1.807) is 18.2 Å². The van der Waals surface area contributed by atoms with Crippen molar-refractivity contribution in [3.05, 3.63) is 59.9 Å². The van der Waals surface area contributed by atoms with Gasteiger partial charge in [-0.1, -0.05) is 30.7 Å². The molecule has 1 amide bonds. The van der Waals surface area contributed by atoms with Crippen molar-refractivity contribution in [3.63, 3.8) is 0 Å². The molecule has 9 nitrogen and oxygen atoms in total. The predicted molar refractivity (Wildman–Crippen MR) is 151 cm³/mol. The molecule has 1 spiro atoms. The lowest BCUT2D eigenvalue weighted by molar-refractivity contribution is -0.165. The van der Waals surface area contributed by atoms with Crippen LogP contribution < -0.4 is 4.74 Å². The molecule has 2 aliphatic rings. The number of esters is 1. The molecule has 0 bridgehead atoms. The number of amides is 1. The van der Waals surface area contributed by atoms with E-state index in [-0.39, 0.29) is 24.9 Å². The highest BCUT2D eigenvalue weighted by molar-refractivity contribution is 5.77. The van der Waals surface area contributed by atoms with Crippen LogP contribution in [0.25, 0.3) is 0 Å². The number of ether oxygens (including phenoxy) is 2. The van der Waals surface area contributed by atoms with Gasteiger partial charge in [0.05, 0.1) is 24.3 Å². The fraction of sp³-hybridized carbons (Fsp3) is 0.581. The van der Waals surface area contributed by atoms with E-state index >= 15 is 0 Å². The maximum absolute atomic E-state index is 13.3. The summed E-state index contributed by atoms with van der Waals surface area (Å²) >= 11 is 0. The van der Waals surface area contributed by atoms with E-state index in [0.717, 1.165) is 49.5 Å². The third-order valence-corrected chi connectivity index (χ3v) is 8.37. The minimum atomic E-state index is -1.20. The van der Waals surface area contributed by atoms with Gasteiger partial charge in [0.15, 0.2) is 0 Å². The number of rotatable bonds is 6. The van der Waals surface area contributed by atoms with E-state index in [1.807, 2.05) is 42.5 Å². The first-order chi connectivity index (χ1) is 19.4. The molecule has 3 heterocycles. The predicted octanol–water partition coefficient (Wildman–Crippen LogP) is 2.97. The Hall–Kier alpha value is -3.01. The average Bonchev–Trinajstić information content (AvgIpc) is 2.99. The van der Waals surface area contributed by atoms with E-state index in [0.29, 0.717) is 45.2 Å². The molecule has 9 heteroatoms. The van der Waals surface area contributed by atoms with Crippen molar-refractivity contribution in [3.8, 4) is 5.75 Å². The third kappa shape index (κ3) is 8.02. The summed E-state index contributed by atoms with van der Waals surface area (Å²) in [6, 6.07) is 13.6. The molecule has 2 fully saturated rings. The fourth-order valence-electron chi connectivity index (χ4n) is 5.76. The Morgan fingerprint density at radius 3 is 2.55 bits per heavy atom. The van der Waals surface area contributed by atoms with Crippen LogP contribution >= 0.6 is 0 Å². The summed E-state index contributed by atoms with van der Waals surface area (Å²) in [5.74, 6) is 0.479. The molecule has 0 aliphatic carbocycles. The lowest BCUT2D eigenvalue weighted by Gasteiger charge is -2.40. The Bertz CT molecular complexity index is 1090. The Morgan fingerprint density at radius 1 is 1.02 bits per heavy atom. The molecule has 40 heavy (non-hydrogen) atoms. The lowest BCUT2D eigenvalue weighted by Crippen LogP contribution is -2.46. The molecular weight excluding hydrogens is 510 g/mol. The number of para-hydroxylation sites is 1. The molecule has 2 N–H and O–H groups in total. The van der Waals surface area contributed by atoms with Crippen molar-refractivity contribution in [1.82, 2.24) is 14.8 Å². The molecule has 218 valence electrons. The molecule has 2 aliphatic heterocycles. The number of aryl methyl sites for hydroxylation is 1. The van der Waals surface area contributed by atoms with Crippen LogP contribution in [0.2, 0.25) is 0 Å². The number of methoxy groups -OCH3 is 1. The minimum absolute atomic E-state index is 0.00679. The molecule has 4 rings (SSSR count). The molecule has 2 atom stereocenters. The fourth-order valence-corrected chi connectivity index (χ4v) is 5.76. The van der Waals surface area contributed by atoms with Crippen LogP contribution in [-0.2, 0) is 27.3 Å². The van der Waals surface area contributed by atoms with Crippen LogP contribution in [0.4, 0.5) is 0 Å². The molecule has 0 saturated carbocycles. The number of pyridine rings is 1. The standard InChI is InChI=1S/C31H43N3O6/c1-39-28-10-3-2-8-24(28)11-12-29(37)34-18-7-5-14-31(30(38)40-23-27(36)26(35)13-19-34)15-20-33(21-16-31)22-25-9-4-6-17-32-25/h2-4,6,8-10,17,26-27,35-36H,5,7,11-16,18-23H2,1H3/t26-,27+/m0/s1. The number of benzene rings is 1. The van der Waals surface area contributed by atoms with Crippen LogP contribution in [0.15, 0.2) is 48.7 Å². The number of hydrogen-bond donors (Lipinski definition) is 2. The smallest absolute Gasteiger partial charge is 0.312 e. The number of aliphatic hydroxyl groups excluding tert-OH is 2. The largest absolute Gasteiger partial charge is 0.496 e. The van der Waals surface area contributed by atoms with Crippen molar-refractivity contribution in [2.75, 3.05) is 39.9 Å². The maximum Gasteiger partial charge on any atom is 0.312 e. The highest BCUT2D eigenvalue weighted by atomic mass is 16.5. The van der Waals surface area contributed by atoms with Gasteiger partial charge in [-0.3, -0.25) is 19.5 Å². The summed E-state index contributed by atoms with van der Waals surface area (Å²) in [6.45, 7) is 2.88. The van der Waals surface area contributed by atoms with Crippen LogP contribution in [0, 0.1) is 5.41 Å². The van der Waals surface area contributed by atoms with Gasteiger partial charge < -0.3 is 24.6 Å². The number of aliphatic hydroxyl groups is 2. The van der Waals surface area contributed by atoms with Gasteiger partial charge in [-0.05, 0) is 75.4 Å². The average molecular weight is 554 g/mol. The van der Waals surface area contributed by atoms with Crippen LogP contribution in [-0.4, -0.2) is 89.0 Å². The number of aromatic nitrogens is 1.